The molecule has 4 nitrogen and oxygen atoms in total. The van der Waals surface area contributed by atoms with Crippen molar-refractivity contribution in [3.63, 3.8) is 0 Å². The molecule has 0 aliphatic carbocycles. The molecular formula is C32H28B2F4O4S6. The van der Waals surface area contributed by atoms with Crippen molar-refractivity contribution >= 4 is 108 Å². The molecule has 2 aliphatic rings. The smallest absolute Gasteiger partial charge is 0.508 e. The SMILES string of the molecule is CC(=O)/C(SC1=C(C)S/C(=C(/C(=C2\SC(C)=C(S/C(C(C)=O)=C(/C)OB(F)F)S2)c2ccccc2)c2ccccc2)S1)=C(\C)OB(F)F. The standard InChI is InChI=1S/C32H28B2F4O4S6/c1-17(39)27(19(3)41-33(35)36)45-29-21(5)43-31(47-29)25(23-13-9-7-10-14-23)26(24-15-11-8-12-16-24)32-44-22(6)30(48-32)46-28(18(2)40)20(4)42-34(37)38/h7-16H,1-6H3/b27-19-,28-20-,31-25-,32-26+. The summed E-state index contributed by atoms with van der Waals surface area (Å²) in [6, 6.07) is 19.7. The highest BCUT2D eigenvalue weighted by atomic mass is 32.2. The second-order valence-corrected chi connectivity index (χ2v) is 17.6. The molecule has 16 heteroatoms. The van der Waals surface area contributed by atoms with Gasteiger partial charge in [0.1, 0.15) is 0 Å². The Morgan fingerprint density at radius 2 is 0.917 bits per heavy atom. The molecule has 4 rings (SSSR count). The van der Waals surface area contributed by atoms with Gasteiger partial charge in [-0.05, 0) is 52.7 Å². The first-order chi connectivity index (χ1) is 22.8. The van der Waals surface area contributed by atoms with Crippen LogP contribution >= 0.6 is 70.6 Å². The zero-order valence-electron chi connectivity index (χ0n) is 26.5. The number of halogens is 4. The van der Waals surface area contributed by atoms with Crippen molar-refractivity contribution in [2.45, 2.75) is 41.5 Å². The molecule has 0 spiro atoms. The van der Waals surface area contributed by atoms with E-state index in [0.29, 0.717) is 0 Å². The summed E-state index contributed by atoms with van der Waals surface area (Å²) in [5, 5.41) is 0. The summed E-state index contributed by atoms with van der Waals surface area (Å²) >= 11 is 8.19. The molecule has 48 heavy (non-hydrogen) atoms. The fourth-order valence-corrected chi connectivity index (χ4v) is 12.6. The average Bonchev–Trinajstić information content (AvgIpc) is 3.57. The van der Waals surface area contributed by atoms with Gasteiger partial charge >= 0.3 is 14.9 Å². The van der Waals surface area contributed by atoms with Crippen molar-refractivity contribution in [3.05, 3.63) is 120 Å². The molecular weight excluding hydrogens is 738 g/mol. The van der Waals surface area contributed by atoms with Gasteiger partial charge in [-0.2, -0.15) is 0 Å². The lowest BCUT2D eigenvalue weighted by atomic mass is 9.95. The number of ketones is 2. The summed E-state index contributed by atoms with van der Waals surface area (Å²) in [4.78, 5) is 27.0. The first-order valence-electron chi connectivity index (χ1n) is 14.2. The molecule has 2 heterocycles. The van der Waals surface area contributed by atoms with E-state index in [1.165, 1.54) is 74.7 Å². The van der Waals surface area contributed by atoms with Crippen LogP contribution in [-0.4, -0.2) is 26.5 Å². The topological polar surface area (TPSA) is 52.6 Å². The number of Topliss-reactive ketones (excluding diaryl/α,β-unsaturated/α-hetero) is 2. The number of benzene rings is 2. The van der Waals surface area contributed by atoms with Crippen LogP contribution in [0.5, 0.6) is 0 Å². The monoisotopic (exact) mass is 766 g/mol. The molecule has 250 valence electrons. The normalized spacial score (nSPS) is 18.0. The predicted molar refractivity (Wildman–Crippen MR) is 203 cm³/mol. The Labute approximate surface area is 304 Å². The van der Waals surface area contributed by atoms with Crippen molar-refractivity contribution in [3.8, 4) is 0 Å². The third kappa shape index (κ3) is 9.94. The van der Waals surface area contributed by atoms with Crippen LogP contribution in [0.3, 0.4) is 0 Å². The predicted octanol–water partition coefficient (Wildman–Crippen LogP) is 12.1. The molecule has 2 aromatic rings. The van der Waals surface area contributed by atoms with Gasteiger partial charge in [-0.1, -0.05) is 131 Å². The fourth-order valence-electron chi connectivity index (χ4n) is 4.39. The van der Waals surface area contributed by atoms with Gasteiger partial charge in [0, 0.05) is 21.0 Å². The quantitative estimate of drug-likeness (QED) is 0.0852. The molecule has 0 radical (unpaired) electrons. The van der Waals surface area contributed by atoms with Gasteiger partial charge < -0.3 is 9.31 Å². The minimum Gasteiger partial charge on any atom is -0.508 e. The van der Waals surface area contributed by atoms with E-state index in [1.807, 2.05) is 74.5 Å². The Morgan fingerprint density at radius 3 is 1.21 bits per heavy atom. The third-order valence-corrected chi connectivity index (χ3v) is 15.0. The Hall–Kier alpha value is -2.23. The Morgan fingerprint density at radius 1 is 0.583 bits per heavy atom. The summed E-state index contributed by atoms with van der Waals surface area (Å²) in [5.74, 6) is -1.04. The molecule has 0 saturated carbocycles. The average molecular weight is 767 g/mol. The van der Waals surface area contributed by atoms with E-state index in [4.69, 9.17) is 0 Å². The van der Waals surface area contributed by atoms with Crippen molar-refractivity contribution < 1.29 is 36.2 Å². The largest absolute Gasteiger partial charge is 0.796 e. The molecule has 0 fully saturated rings. The van der Waals surface area contributed by atoms with Crippen molar-refractivity contribution in [2.75, 3.05) is 0 Å². The number of allylic oxidation sites excluding steroid dienone is 8. The molecule has 2 aliphatic heterocycles. The minimum absolute atomic E-state index is 0.103. The molecule has 0 aromatic heterocycles. The van der Waals surface area contributed by atoms with Gasteiger partial charge in [0.25, 0.3) is 0 Å². The highest BCUT2D eigenvalue weighted by Crippen LogP contribution is 2.63. The van der Waals surface area contributed by atoms with Crippen molar-refractivity contribution in [1.82, 2.24) is 0 Å². The molecule has 0 amide bonds. The van der Waals surface area contributed by atoms with Gasteiger partial charge in [0.2, 0.25) is 0 Å². The summed E-state index contributed by atoms with van der Waals surface area (Å²) in [7, 11) is -6.10. The van der Waals surface area contributed by atoms with E-state index in [9.17, 15) is 26.9 Å². The maximum absolute atomic E-state index is 13.0. The highest BCUT2D eigenvalue weighted by Gasteiger charge is 2.32. The molecule has 0 atom stereocenters. The highest BCUT2D eigenvalue weighted by molar-refractivity contribution is 8.37. The number of hydrogen-bond donors (Lipinski definition) is 0. The summed E-state index contributed by atoms with van der Waals surface area (Å²) in [6.07, 6.45) is 0. The third-order valence-electron chi connectivity index (χ3n) is 6.42. The van der Waals surface area contributed by atoms with E-state index in [1.54, 1.807) is 0 Å². The number of thioether (sulfide) groups is 6. The Kier molecular flexibility index (Phi) is 14.2. The van der Waals surface area contributed by atoms with E-state index < -0.39 is 14.9 Å². The summed E-state index contributed by atoms with van der Waals surface area (Å²) in [6.45, 7) is 9.20. The summed E-state index contributed by atoms with van der Waals surface area (Å²) < 4.78 is 64.7. The van der Waals surface area contributed by atoms with Crippen LogP contribution in [0.1, 0.15) is 52.7 Å². The van der Waals surface area contributed by atoms with Gasteiger partial charge in [-0.25, -0.2) is 17.3 Å². The molecule has 0 N–H and O–H groups in total. The van der Waals surface area contributed by atoms with Crippen LogP contribution < -0.4 is 0 Å². The van der Waals surface area contributed by atoms with Gasteiger partial charge in [0.05, 0.1) is 38.3 Å². The van der Waals surface area contributed by atoms with Gasteiger partial charge in [0.15, 0.2) is 11.6 Å². The number of carbonyl (C=O) groups excluding carboxylic acids is 2. The molecule has 0 bridgehead atoms. The van der Waals surface area contributed by atoms with Crippen LogP contribution in [-0.2, 0) is 18.9 Å². The first-order valence-corrected chi connectivity index (χ1v) is 19.1. The lowest BCUT2D eigenvalue weighted by Gasteiger charge is -2.19. The van der Waals surface area contributed by atoms with Gasteiger partial charge in [-0.15, -0.1) is 0 Å². The maximum atomic E-state index is 13.0. The number of carbonyl (C=O) groups is 2. The van der Waals surface area contributed by atoms with Crippen LogP contribution in [0.4, 0.5) is 17.3 Å². The molecule has 0 unspecified atom stereocenters. The number of hydrogen-bond acceptors (Lipinski definition) is 10. The molecule has 2 aromatic carbocycles. The fraction of sp³-hybridized carbons (Fsp3) is 0.188. The maximum Gasteiger partial charge on any atom is 0.796 e. The Bertz CT molecular complexity index is 1650. The zero-order chi connectivity index (χ0) is 35.1. The lowest BCUT2D eigenvalue weighted by Crippen LogP contribution is -2.07. The van der Waals surface area contributed by atoms with E-state index >= 15 is 0 Å². The van der Waals surface area contributed by atoms with E-state index in [0.717, 1.165) is 72.6 Å². The van der Waals surface area contributed by atoms with E-state index in [2.05, 4.69) is 9.31 Å². The van der Waals surface area contributed by atoms with Crippen LogP contribution in [0.2, 0.25) is 0 Å². The lowest BCUT2D eigenvalue weighted by molar-refractivity contribution is -0.113. The Balaban J connectivity index is 1.85. The van der Waals surface area contributed by atoms with Crippen LogP contribution in [0.25, 0.3) is 11.1 Å². The summed E-state index contributed by atoms with van der Waals surface area (Å²) in [5.41, 5.74) is 3.72. The minimum atomic E-state index is -3.05. The second kappa shape index (κ2) is 17.6. The van der Waals surface area contributed by atoms with Crippen molar-refractivity contribution in [1.29, 1.82) is 0 Å². The van der Waals surface area contributed by atoms with Crippen LogP contribution in [0, 0.1) is 0 Å². The second-order valence-electron chi connectivity index (χ2n) is 10.00. The molecule has 0 saturated heterocycles. The number of rotatable bonds is 13. The first kappa shape index (κ1) is 38.6. The van der Waals surface area contributed by atoms with Gasteiger partial charge in [-0.3, -0.25) is 9.59 Å². The zero-order valence-corrected chi connectivity index (χ0v) is 31.4. The van der Waals surface area contributed by atoms with Crippen LogP contribution in [0.15, 0.2) is 109 Å². The van der Waals surface area contributed by atoms with E-state index in [-0.39, 0.29) is 32.9 Å². The van der Waals surface area contributed by atoms with Crippen molar-refractivity contribution in [2.24, 2.45) is 0 Å².